The molecule has 156 valence electrons. The second-order valence-electron chi connectivity index (χ2n) is 5.73. The third-order valence-corrected chi connectivity index (χ3v) is 4.92. The number of hydrogen-bond acceptors (Lipinski definition) is 6. The summed E-state index contributed by atoms with van der Waals surface area (Å²) in [6.07, 6.45) is 0. The van der Waals surface area contributed by atoms with Gasteiger partial charge in [0.1, 0.15) is 33.8 Å². The predicted octanol–water partition coefficient (Wildman–Crippen LogP) is 3.21. The second-order valence-corrected chi connectivity index (χ2v) is 6.67. The molecule has 0 aliphatic rings. The average molecular weight is 443 g/mol. The van der Waals surface area contributed by atoms with Crippen molar-refractivity contribution in [1.82, 2.24) is 0 Å². The van der Waals surface area contributed by atoms with E-state index in [4.69, 9.17) is 37.4 Å². The van der Waals surface area contributed by atoms with Gasteiger partial charge in [0.15, 0.2) is 0 Å². The van der Waals surface area contributed by atoms with Crippen LogP contribution in [0.1, 0.15) is 0 Å². The van der Waals surface area contributed by atoms with Gasteiger partial charge in [0, 0.05) is 12.1 Å². The summed E-state index contributed by atoms with van der Waals surface area (Å²) in [4.78, 5) is 24.8. The first kappa shape index (κ1) is 22.4. The van der Waals surface area contributed by atoms with Crippen LogP contribution in [0.25, 0.3) is 0 Å². The Bertz CT molecular complexity index is 893. The molecule has 2 rings (SSSR count). The molecule has 0 fully saturated rings. The number of hydrogen-bond donors (Lipinski definition) is 3. The minimum absolute atomic E-state index is 0.0996. The second kappa shape index (κ2) is 10.1. The number of halogens is 2. The Kier molecular flexibility index (Phi) is 7.81. The van der Waals surface area contributed by atoms with Crippen molar-refractivity contribution in [1.29, 1.82) is 0 Å². The lowest BCUT2D eigenvalue weighted by molar-refractivity contribution is -0.120. The molecule has 0 radical (unpaired) electrons. The fourth-order valence-electron chi connectivity index (χ4n) is 2.32. The van der Waals surface area contributed by atoms with E-state index in [9.17, 15) is 14.7 Å². The number of ether oxygens (including phenoxy) is 3. The molecule has 0 aromatic heterocycles. The summed E-state index contributed by atoms with van der Waals surface area (Å²) in [5, 5.41) is 12.1. The maximum absolute atomic E-state index is 12.4. The molecule has 3 N–H and O–H groups in total. The first-order chi connectivity index (χ1) is 13.8. The van der Waals surface area contributed by atoms with Gasteiger partial charge in [-0.15, -0.1) is 23.2 Å². The molecule has 0 saturated heterocycles. The van der Waals surface area contributed by atoms with Crippen LogP contribution >= 0.6 is 23.2 Å². The van der Waals surface area contributed by atoms with Gasteiger partial charge in [0.2, 0.25) is 11.8 Å². The van der Waals surface area contributed by atoms with E-state index in [1.807, 2.05) is 0 Å². The molecule has 2 aromatic rings. The number of benzene rings is 2. The number of phenolic OH excluding ortho intramolecular Hbond substituents is 1. The number of rotatable bonds is 8. The highest BCUT2D eigenvalue weighted by molar-refractivity contribution is 6.44. The summed E-state index contributed by atoms with van der Waals surface area (Å²) in [6, 6.07) is 9.06. The number of anilines is 2. The molecular weight excluding hydrogens is 423 g/mol. The molecule has 0 aliphatic carbocycles. The van der Waals surface area contributed by atoms with Crippen molar-refractivity contribution < 1.29 is 28.9 Å². The van der Waals surface area contributed by atoms with E-state index in [1.165, 1.54) is 33.5 Å². The summed E-state index contributed by atoms with van der Waals surface area (Å²) in [5.41, 5.74) is 0.434. The first-order valence-electron chi connectivity index (χ1n) is 8.29. The monoisotopic (exact) mass is 442 g/mol. The molecule has 2 aromatic carbocycles. The van der Waals surface area contributed by atoms with Gasteiger partial charge in [-0.3, -0.25) is 9.59 Å². The van der Waals surface area contributed by atoms with Crippen LogP contribution in [0, 0.1) is 0 Å². The van der Waals surface area contributed by atoms with Crippen LogP contribution in [0.5, 0.6) is 23.0 Å². The SMILES string of the molecule is COc1ccc(NC(=O)C(Cl)C(Cl)C(=O)Nc2ccc(OC)cc2OC)c(O)c1. The lowest BCUT2D eigenvalue weighted by Gasteiger charge is -2.18. The maximum atomic E-state index is 12.4. The zero-order valence-electron chi connectivity index (χ0n) is 15.9. The van der Waals surface area contributed by atoms with Crippen molar-refractivity contribution in [3.05, 3.63) is 36.4 Å². The molecule has 8 nitrogen and oxygen atoms in total. The van der Waals surface area contributed by atoms with Gasteiger partial charge < -0.3 is 30.0 Å². The summed E-state index contributed by atoms with van der Waals surface area (Å²) in [7, 11) is 4.37. The third-order valence-electron chi connectivity index (χ3n) is 3.89. The number of carbonyl (C=O) groups is 2. The Morgan fingerprint density at radius 2 is 1.31 bits per heavy atom. The predicted molar refractivity (Wildman–Crippen MR) is 111 cm³/mol. The Hall–Kier alpha value is -2.84. The van der Waals surface area contributed by atoms with Crippen LogP contribution in [0.4, 0.5) is 11.4 Å². The summed E-state index contributed by atoms with van der Waals surface area (Å²) in [5.74, 6) is -0.393. The van der Waals surface area contributed by atoms with Crippen LogP contribution in [0.2, 0.25) is 0 Å². The van der Waals surface area contributed by atoms with Gasteiger partial charge in [-0.2, -0.15) is 0 Å². The van der Waals surface area contributed by atoms with Gasteiger partial charge in [0.05, 0.1) is 32.7 Å². The molecule has 0 bridgehead atoms. The number of amides is 2. The topological polar surface area (TPSA) is 106 Å². The number of methoxy groups -OCH3 is 3. The smallest absolute Gasteiger partial charge is 0.244 e. The molecule has 2 amide bonds. The van der Waals surface area contributed by atoms with Gasteiger partial charge in [-0.1, -0.05) is 0 Å². The van der Waals surface area contributed by atoms with E-state index in [2.05, 4.69) is 10.6 Å². The normalized spacial score (nSPS) is 12.4. The Morgan fingerprint density at radius 1 is 0.828 bits per heavy atom. The van der Waals surface area contributed by atoms with E-state index >= 15 is 0 Å². The zero-order chi connectivity index (χ0) is 21.6. The Balaban J connectivity index is 2.06. The van der Waals surface area contributed by atoms with Crippen LogP contribution in [0.15, 0.2) is 36.4 Å². The standard InChI is InChI=1S/C19H20Cl2N2O6/c1-27-10-4-6-12(14(24)8-10)22-18(25)16(20)17(21)19(26)23-13-7-5-11(28-2)9-15(13)29-3/h4-9,16-17,24H,1-3H3,(H,22,25)(H,23,26). The van der Waals surface area contributed by atoms with Gasteiger partial charge in [-0.25, -0.2) is 0 Å². The zero-order valence-corrected chi connectivity index (χ0v) is 17.4. The third kappa shape index (κ3) is 5.58. The number of aromatic hydroxyl groups is 1. The number of alkyl halides is 2. The summed E-state index contributed by atoms with van der Waals surface area (Å²) in [6.45, 7) is 0. The van der Waals surface area contributed by atoms with Crippen molar-refractivity contribution in [2.24, 2.45) is 0 Å². The Morgan fingerprint density at radius 3 is 1.79 bits per heavy atom. The fourth-order valence-corrected chi connectivity index (χ4v) is 2.65. The highest BCUT2D eigenvalue weighted by atomic mass is 35.5. The van der Waals surface area contributed by atoms with E-state index in [1.54, 1.807) is 24.3 Å². The van der Waals surface area contributed by atoms with Gasteiger partial charge in [-0.05, 0) is 24.3 Å². The lowest BCUT2D eigenvalue weighted by Crippen LogP contribution is -2.38. The van der Waals surface area contributed by atoms with Crippen molar-refractivity contribution in [3.63, 3.8) is 0 Å². The average Bonchev–Trinajstić information content (AvgIpc) is 2.73. The summed E-state index contributed by atoms with van der Waals surface area (Å²) < 4.78 is 15.3. The van der Waals surface area contributed by atoms with E-state index in [0.29, 0.717) is 22.9 Å². The first-order valence-corrected chi connectivity index (χ1v) is 9.17. The number of nitrogens with one attached hydrogen (secondary N) is 2. The summed E-state index contributed by atoms with van der Waals surface area (Å²) >= 11 is 12.1. The molecule has 0 spiro atoms. The van der Waals surface area contributed by atoms with E-state index in [-0.39, 0.29) is 11.4 Å². The van der Waals surface area contributed by atoms with Crippen LogP contribution in [-0.2, 0) is 9.59 Å². The number of carbonyl (C=O) groups excluding carboxylic acids is 2. The molecule has 29 heavy (non-hydrogen) atoms. The van der Waals surface area contributed by atoms with E-state index in [0.717, 1.165) is 0 Å². The van der Waals surface area contributed by atoms with E-state index < -0.39 is 22.6 Å². The van der Waals surface area contributed by atoms with Crippen molar-refractivity contribution in [2.45, 2.75) is 10.8 Å². The maximum Gasteiger partial charge on any atom is 0.244 e. The minimum atomic E-state index is -1.41. The van der Waals surface area contributed by atoms with Gasteiger partial charge in [0.25, 0.3) is 0 Å². The van der Waals surface area contributed by atoms with Gasteiger partial charge >= 0.3 is 0 Å². The van der Waals surface area contributed by atoms with Crippen LogP contribution in [-0.4, -0.2) is 49.0 Å². The molecule has 0 heterocycles. The number of phenols is 1. The molecule has 0 saturated carbocycles. The molecule has 10 heteroatoms. The molecule has 2 atom stereocenters. The molecular formula is C19H20Cl2N2O6. The molecule has 0 aliphatic heterocycles. The Labute approximate surface area is 177 Å². The van der Waals surface area contributed by atoms with Crippen LogP contribution in [0.3, 0.4) is 0 Å². The van der Waals surface area contributed by atoms with Crippen molar-refractivity contribution >= 4 is 46.4 Å². The quantitative estimate of drug-likeness (QED) is 0.428. The highest BCUT2D eigenvalue weighted by Gasteiger charge is 2.31. The minimum Gasteiger partial charge on any atom is -0.506 e. The lowest BCUT2D eigenvalue weighted by atomic mass is 10.2. The largest absolute Gasteiger partial charge is 0.506 e. The fraction of sp³-hybridized carbons (Fsp3) is 0.263. The van der Waals surface area contributed by atoms with Crippen LogP contribution < -0.4 is 24.8 Å². The highest BCUT2D eigenvalue weighted by Crippen LogP contribution is 2.31. The molecule has 2 unspecified atom stereocenters. The van der Waals surface area contributed by atoms with Crippen molar-refractivity contribution in [2.75, 3.05) is 32.0 Å². The van der Waals surface area contributed by atoms with Crippen molar-refractivity contribution in [3.8, 4) is 23.0 Å².